The number of piperazine rings is 1. The van der Waals surface area contributed by atoms with Gasteiger partial charge in [-0.1, -0.05) is 78.9 Å². The summed E-state index contributed by atoms with van der Waals surface area (Å²) in [5, 5.41) is 0. The van der Waals surface area contributed by atoms with Crippen molar-refractivity contribution in [1.82, 2.24) is 9.80 Å². The first kappa shape index (κ1) is 19.7. The predicted octanol–water partition coefficient (Wildman–Crippen LogP) is 4.64. The first-order valence-corrected chi connectivity index (χ1v) is 10.4. The normalized spacial score (nSPS) is 18.1. The molecule has 0 saturated carbocycles. The second-order valence-corrected chi connectivity index (χ2v) is 7.89. The minimum absolute atomic E-state index is 0.350. The monoisotopic (exact) mass is 386 g/mol. The number of methoxy groups -OCH3 is 1. The first-order valence-electron chi connectivity index (χ1n) is 10.4. The van der Waals surface area contributed by atoms with Gasteiger partial charge in [0.25, 0.3) is 0 Å². The standard InChI is InChI=1S/C26H30N2O/c1-27-17-18-28(19-23-15-9-10-16-25(23)29-2)20-24(27)26(21-11-5-3-6-12-21)22-13-7-4-8-14-22/h3-16,24,26H,17-20H2,1-2H3/t24-/m1/s1. The third-order valence-electron chi connectivity index (χ3n) is 6.07. The number of benzene rings is 3. The van der Waals surface area contributed by atoms with E-state index in [2.05, 4.69) is 95.7 Å². The van der Waals surface area contributed by atoms with Crippen molar-refractivity contribution in [2.45, 2.75) is 18.5 Å². The molecule has 0 aliphatic carbocycles. The van der Waals surface area contributed by atoms with Crippen LogP contribution in [0.4, 0.5) is 0 Å². The summed E-state index contributed by atoms with van der Waals surface area (Å²) in [6.07, 6.45) is 0. The van der Waals surface area contributed by atoms with E-state index in [0.717, 1.165) is 31.9 Å². The highest BCUT2D eigenvalue weighted by Gasteiger charge is 2.33. The van der Waals surface area contributed by atoms with Crippen LogP contribution in [0.15, 0.2) is 84.9 Å². The zero-order valence-corrected chi connectivity index (χ0v) is 17.4. The minimum atomic E-state index is 0.350. The van der Waals surface area contributed by atoms with Crippen molar-refractivity contribution in [1.29, 1.82) is 0 Å². The van der Waals surface area contributed by atoms with Crippen molar-refractivity contribution in [3.05, 3.63) is 102 Å². The Hall–Kier alpha value is -2.62. The van der Waals surface area contributed by atoms with Gasteiger partial charge in [0.05, 0.1) is 7.11 Å². The van der Waals surface area contributed by atoms with Gasteiger partial charge in [-0.05, 0) is 24.2 Å². The summed E-state index contributed by atoms with van der Waals surface area (Å²) in [5.41, 5.74) is 4.03. The topological polar surface area (TPSA) is 15.7 Å². The molecule has 1 fully saturated rings. The number of para-hydroxylation sites is 1. The lowest BCUT2D eigenvalue weighted by atomic mass is 9.83. The molecule has 1 aliphatic rings. The van der Waals surface area contributed by atoms with Crippen LogP contribution in [0, 0.1) is 0 Å². The molecule has 1 heterocycles. The average molecular weight is 387 g/mol. The molecule has 4 rings (SSSR count). The maximum absolute atomic E-state index is 5.58. The molecule has 0 bridgehead atoms. The van der Waals surface area contributed by atoms with E-state index in [1.807, 2.05) is 6.07 Å². The molecule has 3 nitrogen and oxygen atoms in total. The van der Waals surface area contributed by atoms with E-state index in [1.165, 1.54) is 16.7 Å². The summed E-state index contributed by atoms with van der Waals surface area (Å²) in [4.78, 5) is 5.10. The Kier molecular flexibility index (Phi) is 6.28. The van der Waals surface area contributed by atoms with E-state index >= 15 is 0 Å². The van der Waals surface area contributed by atoms with Crippen LogP contribution in [0.25, 0.3) is 0 Å². The van der Waals surface area contributed by atoms with Gasteiger partial charge in [-0.15, -0.1) is 0 Å². The van der Waals surface area contributed by atoms with Crippen LogP contribution in [-0.2, 0) is 6.54 Å². The van der Waals surface area contributed by atoms with Crippen molar-refractivity contribution in [3.8, 4) is 5.75 Å². The number of likely N-dealkylation sites (N-methyl/N-ethyl adjacent to an activating group) is 1. The Morgan fingerprint density at radius 3 is 2.03 bits per heavy atom. The van der Waals surface area contributed by atoms with Crippen LogP contribution in [0.2, 0.25) is 0 Å². The van der Waals surface area contributed by atoms with Gasteiger partial charge in [0.15, 0.2) is 0 Å². The number of rotatable bonds is 6. The predicted molar refractivity (Wildman–Crippen MR) is 119 cm³/mol. The van der Waals surface area contributed by atoms with Crippen LogP contribution in [0.3, 0.4) is 0 Å². The van der Waals surface area contributed by atoms with E-state index in [9.17, 15) is 0 Å². The maximum atomic E-state index is 5.58. The van der Waals surface area contributed by atoms with E-state index < -0.39 is 0 Å². The Balaban J connectivity index is 1.62. The number of ether oxygens (including phenoxy) is 1. The number of hydrogen-bond acceptors (Lipinski definition) is 3. The smallest absolute Gasteiger partial charge is 0.123 e. The van der Waals surface area contributed by atoms with Gasteiger partial charge >= 0.3 is 0 Å². The Morgan fingerprint density at radius 2 is 1.41 bits per heavy atom. The third-order valence-corrected chi connectivity index (χ3v) is 6.07. The minimum Gasteiger partial charge on any atom is -0.496 e. The lowest BCUT2D eigenvalue weighted by Gasteiger charge is -2.43. The Morgan fingerprint density at radius 1 is 0.828 bits per heavy atom. The molecule has 150 valence electrons. The second kappa shape index (κ2) is 9.25. The van der Waals surface area contributed by atoms with Gasteiger partial charge in [0.1, 0.15) is 5.75 Å². The van der Waals surface area contributed by atoms with E-state index in [-0.39, 0.29) is 0 Å². The van der Waals surface area contributed by atoms with Gasteiger partial charge in [-0.2, -0.15) is 0 Å². The highest BCUT2D eigenvalue weighted by molar-refractivity contribution is 5.35. The molecule has 3 aromatic rings. The first-order chi connectivity index (χ1) is 14.3. The average Bonchev–Trinajstić information content (AvgIpc) is 2.78. The van der Waals surface area contributed by atoms with Crippen molar-refractivity contribution in [3.63, 3.8) is 0 Å². The molecule has 1 saturated heterocycles. The van der Waals surface area contributed by atoms with Gasteiger partial charge in [-0.3, -0.25) is 9.80 Å². The molecule has 0 radical (unpaired) electrons. The molecule has 1 atom stereocenters. The Labute approximate surface area is 174 Å². The number of nitrogens with zero attached hydrogens (tertiary/aromatic N) is 2. The maximum Gasteiger partial charge on any atom is 0.123 e. The fraction of sp³-hybridized carbons (Fsp3) is 0.308. The van der Waals surface area contributed by atoms with Crippen LogP contribution in [-0.4, -0.2) is 49.6 Å². The van der Waals surface area contributed by atoms with Gasteiger partial charge in [0.2, 0.25) is 0 Å². The Bertz CT molecular complexity index is 857. The molecular weight excluding hydrogens is 356 g/mol. The molecular formula is C26H30N2O. The lowest BCUT2D eigenvalue weighted by Crippen LogP contribution is -2.53. The fourth-order valence-corrected chi connectivity index (χ4v) is 4.50. The third kappa shape index (κ3) is 4.52. The molecule has 1 aliphatic heterocycles. The molecule has 29 heavy (non-hydrogen) atoms. The number of hydrogen-bond donors (Lipinski definition) is 0. The summed E-state index contributed by atoms with van der Waals surface area (Å²) in [5.74, 6) is 1.33. The van der Waals surface area contributed by atoms with Crippen LogP contribution in [0.5, 0.6) is 5.75 Å². The molecule has 0 aromatic heterocycles. The highest BCUT2D eigenvalue weighted by atomic mass is 16.5. The largest absolute Gasteiger partial charge is 0.496 e. The van der Waals surface area contributed by atoms with Crippen LogP contribution < -0.4 is 4.74 Å². The summed E-state index contributed by atoms with van der Waals surface area (Å²) in [6.45, 7) is 4.09. The van der Waals surface area contributed by atoms with Gasteiger partial charge in [0, 0.05) is 43.7 Å². The zero-order valence-electron chi connectivity index (χ0n) is 17.4. The molecule has 0 amide bonds. The van der Waals surface area contributed by atoms with Crippen LogP contribution in [0.1, 0.15) is 22.6 Å². The molecule has 0 unspecified atom stereocenters. The highest BCUT2D eigenvalue weighted by Crippen LogP contribution is 2.33. The molecule has 0 spiro atoms. The van der Waals surface area contributed by atoms with Gasteiger partial charge < -0.3 is 4.74 Å². The zero-order chi connectivity index (χ0) is 20.1. The second-order valence-electron chi connectivity index (χ2n) is 7.89. The summed E-state index contributed by atoms with van der Waals surface area (Å²) < 4.78 is 5.58. The van der Waals surface area contributed by atoms with Crippen LogP contribution >= 0.6 is 0 Å². The van der Waals surface area contributed by atoms with Crippen molar-refractivity contribution in [2.75, 3.05) is 33.8 Å². The summed E-state index contributed by atoms with van der Waals surface area (Å²) >= 11 is 0. The van der Waals surface area contributed by atoms with Gasteiger partial charge in [-0.25, -0.2) is 0 Å². The van der Waals surface area contributed by atoms with E-state index in [0.29, 0.717) is 12.0 Å². The van der Waals surface area contributed by atoms with E-state index in [4.69, 9.17) is 4.74 Å². The van der Waals surface area contributed by atoms with Crippen molar-refractivity contribution < 1.29 is 4.74 Å². The molecule has 3 heteroatoms. The SMILES string of the molecule is COc1ccccc1CN1CCN(C)[C@@H](C(c2ccccc2)c2ccccc2)C1. The van der Waals surface area contributed by atoms with Crippen molar-refractivity contribution in [2.24, 2.45) is 0 Å². The molecule has 0 N–H and O–H groups in total. The quantitative estimate of drug-likeness (QED) is 0.614. The fourth-order valence-electron chi connectivity index (χ4n) is 4.50. The summed E-state index contributed by atoms with van der Waals surface area (Å²) in [6, 6.07) is 30.7. The van der Waals surface area contributed by atoms with Crippen molar-refractivity contribution >= 4 is 0 Å². The lowest BCUT2D eigenvalue weighted by molar-refractivity contribution is 0.0810. The van der Waals surface area contributed by atoms with E-state index in [1.54, 1.807) is 7.11 Å². The molecule has 3 aromatic carbocycles. The summed E-state index contributed by atoms with van der Waals surface area (Å²) in [7, 11) is 4.02.